The molecule has 0 aliphatic carbocycles. The maximum atomic E-state index is 13.0. The average molecular weight is 461 g/mol. The molecule has 0 aliphatic heterocycles. The number of H-pyrrole nitrogens is 1. The van der Waals surface area contributed by atoms with Gasteiger partial charge in [-0.3, -0.25) is 4.79 Å². The third-order valence-electron chi connectivity index (χ3n) is 5.38. The smallest absolute Gasteiger partial charge is 0.255 e. The van der Waals surface area contributed by atoms with Crippen molar-refractivity contribution >= 4 is 21.4 Å². The molecule has 4 rings (SSSR count). The van der Waals surface area contributed by atoms with Crippen molar-refractivity contribution in [3.8, 4) is 11.1 Å². The summed E-state index contributed by atoms with van der Waals surface area (Å²) in [4.78, 5) is 12.6. The molecule has 0 spiro atoms. The number of amides is 1. The number of rotatable bonds is 7. The molecule has 1 heterocycles. The van der Waals surface area contributed by atoms with Gasteiger partial charge < -0.3 is 5.32 Å². The third kappa shape index (κ3) is 5.18. The molecule has 0 fully saturated rings. The number of nitrogens with one attached hydrogen (secondary N) is 2. The number of nitrogens with zero attached hydrogens (tertiary/aromatic N) is 2. The van der Waals surface area contributed by atoms with Gasteiger partial charge in [0.2, 0.25) is 0 Å². The SMILES string of the molecule is CC(C)(CS(=O)(=O)c1ccc(-c2ccc(NC(=O)c3ccccc3)cc2)cc1)c1cn[nH]n1. The molecule has 0 unspecified atom stereocenters. The number of hydrogen-bond acceptors (Lipinski definition) is 5. The van der Waals surface area contributed by atoms with E-state index in [1.54, 1.807) is 42.6 Å². The Morgan fingerprint density at radius 1 is 0.909 bits per heavy atom. The predicted molar refractivity (Wildman–Crippen MR) is 128 cm³/mol. The molecule has 33 heavy (non-hydrogen) atoms. The van der Waals surface area contributed by atoms with E-state index in [4.69, 9.17) is 0 Å². The zero-order chi connectivity index (χ0) is 23.5. The van der Waals surface area contributed by atoms with Gasteiger partial charge in [-0.25, -0.2) is 8.42 Å². The van der Waals surface area contributed by atoms with Crippen molar-refractivity contribution < 1.29 is 13.2 Å². The fourth-order valence-corrected chi connectivity index (χ4v) is 5.37. The Balaban J connectivity index is 1.46. The number of carbonyl (C=O) groups excluding carboxylic acids is 1. The molecule has 8 heteroatoms. The summed E-state index contributed by atoms with van der Waals surface area (Å²) in [5.41, 5.74) is 2.99. The Morgan fingerprint density at radius 2 is 1.52 bits per heavy atom. The Labute approximate surface area is 192 Å². The molecule has 1 amide bonds. The number of benzene rings is 3. The van der Waals surface area contributed by atoms with Gasteiger partial charge in [0.15, 0.2) is 9.84 Å². The van der Waals surface area contributed by atoms with Crippen molar-refractivity contribution in [1.29, 1.82) is 0 Å². The minimum atomic E-state index is -3.52. The van der Waals surface area contributed by atoms with Gasteiger partial charge in [0.05, 0.1) is 22.5 Å². The lowest BCUT2D eigenvalue weighted by Crippen LogP contribution is -2.28. The Morgan fingerprint density at radius 3 is 2.09 bits per heavy atom. The van der Waals surface area contributed by atoms with Gasteiger partial charge in [-0.1, -0.05) is 56.3 Å². The van der Waals surface area contributed by atoms with Crippen LogP contribution < -0.4 is 5.32 Å². The summed E-state index contributed by atoms with van der Waals surface area (Å²) in [6.45, 7) is 3.66. The van der Waals surface area contributed by atoms with Crippen LogP contribution in [0.5, 0.6) is 0 Å². The monoisotopic (exact) mass is 460 g/mol. The van der Waals surface area contributed by atoms with Crippen LogP contribution >= 0.6 is 0 Å². The van der Waals surface area contributed by atoms with Gasteiger partial charge in [0.25, 0.3) is 5.91 Å². The number of carbonyl (C=O) groups is 1. The Hall–Kier alpha value is -3.78. The van der Waals surface area contributed by atoms with Crippen molar-refractivity contribution in [1.82, 2.24) is 15.4 Å². The van der Waals surface area contributed by atoms with Crippen molar-refractivity contribution in [2.24, 2.45) is 0 Å². The number of sulfone groups is 1. The molecule has 3 aromatic carbocycles. The highest BCUT2D eigenvalue weighted by atomic mass is 32.2. The summed E-state index contributed by atoms with van der Waals surface area (Å²) in [6, 6.07) is 23.2. The Kier molecular flexibility index (Phi) is 6.11. The maximum Gasteiger partial charge on any atom is 0.255 e. The van der Waals surface area contributed by atoms with E-state index < -0.39 is 15.3 Å². The van der Waals surface area contributed by atoms with E-state index in [9.17, 15) is 13.2 Å². The van der Waals surface area contributed by atoms with E-state index in [0.717, 1.165) is 11.1 Å². The van der Waals surface area contributed by atoms with Gasteiger partial charge >= 0.3 is 0 Å². The van der Waals surface area contributed by atoms with Crippen LogP contribution in [-0.4, -0.2) is 35.5 Å². The molecule has 1 aromatic heterocycles. The predicted octanol–water partition coefficient (Wildman–Crippen LogP) is 4.48. The third-order valence-corrected chi connectivity index (χ3v) is 7.48. The maximum absolute atomic E-state index is 13.0. The summed E-state index contributed by atoms with van der Waals surface area (Å²) in [5.74, 6) is -0.256. The van der Waals surface area contributed by atoms with Crippen LogP contribution in [0.1, 0.15) is 29.9 Å². The molecule has 7 nitrogen and oxygen atoms in total. The first-order chi connectivity index (χ1) is 15.7. The zero-order valence-corrected chi connectivity index (χ0v) is 19.1. The van der Waals surface area contributed by atoms with Crippen LogP contribution in [-0.2, 0) is 15.3 Å². The fourth-order valence-electron chi connectivity index (χ4n) is 3.55. The highest BCUT2D eigenvalue weighted by molar-refractivity contribution is 7.91. The molecule has 0 atom stereocenters. The molecule has 0 radical (unpaired) electrons. The van der Waals surface area contributed by atoms with Crippen molar-refractivity contribution in [2.45, 2.75) is 24.2 Å². The second-order valence-electron chi connectivity index (χ2n) is 8.42. The lowest BCUT2D eigenvalue weighted by molar-refractivity contribution is 0.102. The van der Waals surface area contributed by atoms with Crippen molar-refractivity contribution in [2.75, 3.05) is 11.1 Å². The lowest BCUT2D eigenvalue weighted by Gasteiger charge is -2.21. The van der Waals surface area contributed by atoms with Gasteiger partial charge in [-0.05, 0) is 47.5 Å². The van der Waals surface area contributed by atoms with E-state index >= 15 is 0 Å². The van der Waals surface area contributed by atoms with Crippen molar-refractivity contribution in [3.05, 3.63) is 96.3 Å². The number of hydrogen-bond donors (Lipinski definition) is 2. The summed E-state index contributed by atoms with van der Waals surface area (Å²) in [7, 11) is -3.52. The minimum absolute atomic E-state index is 0.0817. The fraction of sp³-hybridized carbons (Fsp3) is 0.160. The molecule has 2 N–H and O–H groups in total. The van der Waals surface area contributed by atoms with Gasteiger partial charge in [0.1, 0.15) is 0 Å². The quantitative estimate of drug-likeness (QED) is 0.423. The second-order valence-corrected chi connectivity index (χ2v) is 10.4. The molecule has 168 valence electrons. The van der Waals surface area contributed by atoms with E-state index in [0.29, 0.717) is 16.9 Å². The van der Waals surface area contributed by atoms with Crippen molar-refractivity contribution in [3.63, 3.8) is 0 Å². The van der Waals surface area contributed by atoms with Crippen LogP contribution in [0, 0.1) is 0 Å². The number of aromatic nitrogens is 3. The van der Waals surface area contributed by atoms with Gasteiger partial charge in [-0.2, -0.15) is 15.4 Å². The van der Waals surface area contributed by atoms with E-state index in [-0.39, 0.29) is 16.6 Å². The summed E-state index contributed by atoms with van der Waals surface area (Å²) in [5, 5.41) is 13.2. The van der Waals surface area contributed by atoms with Crippen LogP contribution in [0.3, 0.4) is 0 Å². The normalized spacial score (nSPS) is 11.8. The van der Waals surface area contributed by atoms with Crippen LogP contribution in [0.4, 0.5) is 5.69 Å². The summed E-state index contributed by atoms with van der Waals surface area (Å²) >= 11 is 0. The first-order valence-corrected chi connectivity index (χ1v) is 12.1. The minimum Gasteiger partial charge on any atom is -0.322 e. The Bertz CT molecular complexity index is 1330. The average Bonchev–Trinajstić information content (AvgIpc) is 3.36. The van der Waals surface area contributed by atoms with Crippen LogP contribution in [0.25, 0.3) is 11.1 Å². The summed E-state index contributed by atoms with van der Waals surface area (Å²) in [6.07, 6.45) is 1.55. The van der Waals surface area contributed by atoms with Gasteiger partial charge in [0, 0.05) is 16.7 Å². The molecule has 0 saturated heterocycles. The molecule has 4 aromatic rings. The van der Waals surface area contributed by atoms with E-state index in [2.05, 4.69) is 20.7 Å². The molecule has 0 saturated carbocycles. The van der Waals surface area contributed by atoms with E-state index in [1.165, 1.54) is 0 Å². The second kappa shape index (κ2) is 8.99. The van der Waals surface area contributed by atoms with Crippen LogP contribution in [0.15, 0.2) is 90.0 Å². The highest BCUT2D eigenvalue weighted by Gasteiger charge is 2.31. The standard InChI is InChI=1S/C25H24N4O3S/c1-25(2,23-16-26-29-28-23)17-33(31,32)22-14-10-19(11-15-22)18-8-12-21(13-9-18)27-24(30)20-6-4-3-5-7-20/h3-16H,17H2,1-2H3,(H,27,30)(H,26,28,29). The summed E-state index contributed by atoms with van der Waals surface area (Å²) < 4.78 is 25.9. The first-order valence-electron chi connectivity index (χ1n) is 10.4. The largest absolute Gasteiger partial charge is 0.322 e. The lowest BCUT2D eigenvalue weighted by atomic mass is 9.93. The van der Waals surface area contributed by atoms with Crippen LogP contribution in [0.2, 0.25) is 0 Å². The highest BCUT2D eigenvalue weighted by Crippen LogP contribution is 2.28. The molecule has 0 bridgehead atoms. The molecule has 0 aliphatic rings. The van der Waals surface area contributed by atoms with E-state index in [1.807, 2.05) is 56.3 Å². The molecular weight excluding hydrogens is 436 g/mol. The number of aromatic amines is 1. The number of anilines is 1. The first kappa shape index (κ1) is 22.4. The zero-order valence-electron chi connectivity index (χ0n) is 18.3. The molecular formula is C25H24N4O3S. The van der Waals surface area contributed by atoms with Gasteiger partial charge in [-0.15, -0.1) is 0 Å². The topological polar surface area (TPSA) is 105 Å².